The number of benzene rings is 2. The van der Waals surface area contributed by atoms with Crippen LogP contribution in [0.1, 0.15) is 12.8 Å². The van der Waals surface area contributed by atoms with Gasteiger partial charge in [0, 0.05) is 16.6 Å². The highest BCUT2D eigenvalue weighted by molar-refractivity contribution is 7.93. The number of aromatic nitrogens is 2. The molecule has 4 N–H and O–H groups in total. The fraction of sp³-hybridized carbons (Fsp3) is 0.188. The number of hydrogen-bond acceptors (Lipinski definition) is 4. The summed E-state index contributed by atoms with van der Waals surface area (Å²) < 4.78 is 41.0. The standard InChI is InChI=1S/C16H15FN4O2S/c17-14-12(7-8-13-15(14)19-20-16(13)18)9-1-3-10(4-2-9)21-24(22,23)11-5-6-11/h1-4,7-8,11,21H,5-6H2,(H3,18,19,20). The summed E-state index contributed by atoms with van der Waals surface area (Å²) in [6, 6.07) is 9.94. The number of halogens is 1. The number of anilines is 2. The number of nitrogens with two attached hydrogens (primary N) is 1. The first kappa shape index (κ1) is 14.9. The number of nitrogens with zero attached hydrogens (tertiary/aromatic N) is 1. The van der Waals surface area contributed by atoms with Crippen molar-refractivity contribution in [3.63, 3.8) is 0 Å². The molecule has 1 aliphatic carbocycles. The summed E-state index contributed by atoms with van der Waals surface area (Å²) in [4.78, 5) is 0. The van der Waals surface area contributed by atoms with Crippen molar-refractivity contribution in [1.29, 1.82) is 0 Å². The average molecular weight is 346 g/mol. The largest absolute Gasteiger partial charge is 0.382 e. The maximum absolute atomic E-state index is 14.6. The Morgan fingerprint density at radius 2 is 1.88 bits per heavy atom. The lowest BCUT2D eigenvalue weighted by Crippen LogP contribution is -2.17. The monoisotopic (exact) mass is 346 g/mol. The maximum Gasteiger partial charge on any atom is 0.235 e. The first-order valence-corrected chi connectivity index (χ1v) is 9.04. The van der Waals surface area contributed by atoms with E-state index in [1.54, 1.807) is 36.4 Å². The molecule has 0 spiro atoms. The minimum Gasteiger partial charge on any atom is -0.382 e. The van der Waals surface area contributed by atoms with Gasteiger partial charge in [-0.25, -0.2) is 12.8 Å². The van der Waals surface area contributed by atoms with Crippen LogP contribution >= 0.6 is 0 Å². The van der Waals surface area contributed by atoms with E-state index in [0.717, 1.165) is 0 Å². The van der Waals surface area contributed by atoms with Crippen LogP contribution in [-0.4, -0.2) is 23.9 Å². The van der Waals surface area contributed by atoms with Crippen molar-refractivity contribution in [3.05, 3.63) is 42.2 Å². The summed E-state index contributed by atoms with van der Waals surface area (Å²) >= 11 is 0. The molecule has 3 aromatic rings. The molecule has 8 heteroatoms. The zero-order valence-electron chi connectivity index (χ0n) is 12.6. The van der Waals surface area contributed by atoms with Crippen LogP contribution in [0.25, 0.3) is 22.0 Å². The highest BCUT2D eigenvalue weighted by Gasteiger charge is 2.35. The predicted molar refractivity (Wildman–Crippen MR) is 91.5 cm³/mol. The quantitative estimate of drug-likeness (QED) is 0.676. The molecule has 1 heterocycles. The molecule has 1 saturated carbocycles. The maximum atomic E-state index is 14.6. The van der Waals surface area contributed by atoms with Crippen LogP contribution < -0.4 is 10.5 Å². The SMILES string of the molecule is Nc1n[nH]c2c(F)c(-c3ccc(NS(=O)(=O)C4CC4)cc3)ccc12. The van der Waals surface area contributed by atoms with Crippen LogP contribution in [0, 0.1) is 5.82 Å². The van der Waals surface area contributed by atoms with Crippen LogP contribution in [0.5, 0.6) is 0 Å². The molecule has 0 atom stereocenters. The van der Waals surface area contributed by atoms with Gasteiger partial charge in [-0.15, -0.1) is 0 Å². The van der Waals surface area contributed by atoms with E-state index < -0.39 is 15.8 Å². The third-order valence-electron chi connectivity index (χ3n) is 4.13. The summed E-state index contributed by atoms with van der Waals surface area (Å²) in [5.41, 5.74) is 7.42. The van der Waals surface area contributed by atoms with E-state index in [-0.39, 0.29) is 16.6 Å². The number of hydrogen-bond donors (Lipinski definition) is 3. The normalized spacial score (nSPS) is 14.9. The molecule has 6 nitrogen and oxygen atoms in total. The van der Waals surface area contributed by atoms with Crippen molar-refractivity contribution < 1.29 is 12.8 Å². The molecular weight excluding hydrogens is 331 g/mol. The summed E-state index contributed by atoms with van der Waals surface area (Å²) in [6.07, 6.45) is 1.40. The van der Waals surface area contributed by atoms with Crippen LogP contribution in [0.3, 0.4) is 0 Å². The zero-order valence-corrected chi connectivity index (χ0v) is 13.4. The van der Waals surface area contributed by atoms with E-state index in [1.165, 1.54) is 0 Å². The van der Waals surface area contributed by atoms with Crippen molar-refractivity contribution in [2.45, 2.75) is 18.1 Å². The number of nitrogen functional groups attached to an aromatic ring is 1. The molecule has 1 aromatic heterocycles. The molecule has 0 aliphatic heterocycles. The average Bonchev–Trinajstić information content (AvgIpc) is 3.34. The Labute approximate surface area is 137 Å². The number of H-pyrrole nitrogens is 1. The highest BCUT2D eigenvalue weighted by atomic mass is 32.2. The highest BCUT2D eigenvalue weighted by Crippen LogP contribution is 2.32. The fourth-order valence-corrected chi connectivity index (χ4v) is 4.03. The predicted octanol–water partition coefficient (Wildman–Crippen LogP) is 2.86. The van der Waals surface area contributed by atoms with Crippen LogP contribution in [-0.2, 0) is 10.0 Å². The van der Waals surface area contributed by atoms with E-state index in [2.05, 4.69) is 14.9 Å². The first-order chi connectivity index (χ1) is 11.5. The van der Waals surface area contributed by atoms with E-state index in [1.807, 2.05) is 0 Å². The fourth-order valence-electron chi connectivity index (χ4n) is 2.64. The van der Waals surface area contributed by atoms with Crippen molar-refractivity contribution in [2.24, 2.45) is 0 Å². The Morgan fingerprint density at radius 1 is 1.17 bits per heavy atom. The van der Waals surface area contributed by atoms with Crippen molar-refractivity contribution in [2.75, 3.05) is 10.5 Å². The van der Waals surface area contributed by atoms with Crippen LogP contribution in [0.15, 0.2) is 36.4 Å². The second-order valence-corrected chi connectivity index (χ2v) is 7.84. The van der Waals surface area contributed by atoms with E-state index in [9.17, 15) is 12.8 Å². The number of rotatable bonds is 4. The molecule has 124 valence electrons. The van der Waals surface area contributed by atoms with Gasteiger partial charge >= 0.3 is 0 Å². The van der Waals surface area contributed by atoms with Gasteiger partial charge < -0.3 is 5.73 Å². The van der Waals surface area contributed by atoms with E-state index >= 15 is 0 Å². The molecule has 2 aromatic carbocycles. The van der Waals surface area contributed by atoms with Gasteiger partial charge in [-0.05, 0) is 36.6 Å². The minimum atomic E-state index is -3.30. The molecule has 1 aliphatic rings. The smallest absolute Gasteiger partial charge is 0.235 e. The Hall–Kier alpha value is -2.61. The third-order valence-corrected chi connectivity index (χ3v) is 5.99. The van der Waals surface area contributed by atoms with Crippen molar-refractivity contribution in [1.82, 2.24) is 10.2 Å². The van der Waals surface area contributed by atoms with Crippen LogP contribution in [0.4, 0.5) is 15.9 Å². The Bertz CT molecular complexity index is 1020. The second-order valence-electron chi connectivity index (χ2n) is 5.88. The molecule has 4 rings (SSSR count). The number of aromatic amines is 1. The third kappa shape index (κ3) is 2.48. The van der Waals surface area contributed by atoms with Gasteiger partial charge in [0.15, 0.2) is 11.6 Å². The molecule has 0 radical (unpaired) electrons. The number of sulfonamides is 1. The summed E-state index contributed by atoms with van der Waals surface area (Å²) in [7, 11) is -3.30. The van der Waals surface area contributed by atoms with Crippen molar-refractivity contribution in [3.8, 4) is 11.1 Å². The molecule has 24 heavy (non-hydrogen) atoms. The lowest BCUT2D eigenvalue weighted by Gasteiger charge is -2.09. The molecule has 0 saturated heterocycles. The Morgan fingerprint density at radius 3 is 2.54 bits per heavy atom. The minimum absolute atomic E-state index is 0.250. The van der Waals surface area contributed by atoms with Gasteiger partial charge in [0.25, 0.3) is 0 Å². The van der Waals surface area contributed by atoms with E-state index in [0.29, 0.717) is 35.0 Å². The van der Waals surface area contributed by atoms with Gasteiger partial charge in [-0.2, -0.15) is 5.10 Å². The van der Waals surface area contributed by atoms with Gasteiger partial charge in [-0.1, -0.05) is 18.2 Å². The van der Waals surface area contributed by atoms with Crippen LogP contribution in [0.2, 0.25) is 0 Å². The molecule has 0 amide bonds. The zero-order chi connectivity index (χ0) is 16.9. The lowest BCUT2D eigenvalue weighted by molar-refractivity contribution is 0.600. The summed E-state index contributed by atoms with van der Waals surface area (Å²) in [5.74, 6) is -0.191. The van der Waals surface area contributed by atoms with Gasteiger partial charge in [-0.3, -0.25) is 9.82 Å². The summed E-state index contributed by atoms with van der Waals surface area (Å²) in [5, 5.41) is 6.63. The number of nitrogens with one attached hydrogen (secondary N) is 2. The van der Waals surface area contributed by atoms with Gasteiger partial charge in [0.2, 0.25) is 10.0 Å². The van der Waals surface area contributed by atoms with Crippen molar-refractivity contribution >= 4 is 32.4 Å². The Balaban J connectivity index is 1.66. The topological polar surface area (TPSA) is 101 Å². The van der Waals surface area contributed by atoms with Gasteiger partial charge in [0.1, 0.15) is 5.52 Å². The molecule has 0 unspecified atom stereocenters. The molecular formula is C16H15FN4O2S. The second kappa shape index (κ2) is 5.20. The summed E-state index contributed by atoms with van der Waals surface area (Å²) in [6.45, 7) is 0. The number of fused-ring (bicyclic) bond motifs is 1. The molecule has 1 fully saturated rings. The van der Waals surface area contributed by atoms with Gasteiger partial charge in [0.05, 0.1) is 5.25 Å². The molecule has 0 bridgehead atoms. The lowest BCUT2D eigenvalue weighted by atomic mass is 10.0. The first-order valence-electron chi connectivity index (χ1n) is 7.50. The van der Waals surface area contributed by atoms with E-state index in [4.69, 9.17) is 5.73 Å². The Kier molecular flexibility index (Phi) is 3.24.